The Morgan fingerprint density at radius 2 is 1.71 bits per heavy atom. The highest BCUT2D eigenvalue weighted by Crippen LogP contribution is 2.46. The van der Waals surface area contributed by atoms with Gasteiger partial charge in [-0.05, 0) is 67.3 Å². The minimum absolute atomic E-state index is 0.469. The van der Waals surface area contributed by atoms with Gasteiger partial charge in [0.2, 0.25) is 0 Å². The van der Waals surface area contributed by atoms with Crippen LogP contribution in [0.1, 0.15) is 49.7 Å². The molecule has 2 saturated carbocycles. The SMILES string of the molecule is CC1(O)CC(N)(c2ccc(-c3nc4c(cnc5cc(C6CC6)cn54)cc3-c3ccccc3)cc2)C1. The van der Waals surface area contributed by atoms with Gasteiger partial charge in [0.1, 0.15) is 11.3 Å². The Bertz CT molecular complexity index is 1570. The van der Waals surface area contributed by atoms with Crippen LogP contribution in [0.25, 0.3) is 39.1 Å². The molecule has 0 radical (unpaired) electrons. The van der Waals surface area contributed by atoms with Crippen molar-refractivity contribution in [2.24, 2.45) is 5.73 Å². The third-order valence-electron chi connectivity index (χ3n) is 7.68. The van der Waals surface area contributed by atoms with Crippen LogP contribution in [0.3, 0.4) is 0 Å². The molecule has 2 fully saturated rings. The second-order valence-electron chi connectivity index (χ2n) is 10.8. The lowest BCUT2D eigenvalue weighted by molar-refractivity contribution is -0.0738. The average Bonchev–Trinajstić information content (AvgIpc) is 3.61. The summed E-state index contributed by atoms with van der Waals surface area (Å²) >= 11 is 0. The molecule has 0 amide bonds. The number of aromatic nitrogens is 3. The summed E-state index contributed by atoms with van der Waals surface area (Å²) in [5.74, 6) is 0.665. The van der Waals surface area contributed by atoms with E-state index in [1.165, 1.54) is 18.4 Å². The zero-order valence-electron chi connectivity index (χ0n) is 19.8. The molecule has 2 aliphatic carbocycles. The van der Waals surface area contributed by atoms with E-state index in [0.717, 1.165) is 44.6 Å². The van der Waals surface area contributed by atoms with Gasteiger partial charge in [-0.2, -0.15) is 0 Å². The average molecular weight is 461 g/mol. The molecule has 7 rings (SSSR count). The summed E-state index contributed by atoms with van der Waals surface area (Å²) in [6, 6.07) is 23.2. The van der Waals surface area contributed by atoms with E-state index < -0.39 is 11.1 Å². The molecule has 0 saturated heterocycles. The molecule has 5 aromatic rings. The van der Waals surface area contributed by atoms with Crippen molar-refractivity contribution in [3.63, 3.8) is 0 Å². The second kappa shape index (κ2) is 7.23. The van der Waals surface area contributed by atoms with Crippen molar-refractivity contribution in [2.75, 3.05) is 0 Å². The van der Waals surface area contributed by atoms with Gasteiger partial charge in [-0.1, -0.05) is 54.6 Å². The van der Waals surface area contributed by atoms with Crippen LogP contribution < -0.4 is 5.73 Å². The number of aliphatic hydroxyl groups is 1. The van der Waals surface area contributed by atoms with Crippen molar-refractivity contribution < 1.29 is 5.11 Å². The number of nitrogens with two attached hydrogens (primary N) is 1. The number of fused-ring (bicyclic) bond motifs is 3. The molecule has 0 bridgehead atoms. The Kier molecular flexibility index (Phi) is 4.30. The number of rotatable bonds is 4. The summed E-state index contributed by atoms with van der Waals surface area (Å²) in [4.78, 5) is 9.98. The van der Waals surface area contributed by atoms with E-state index in [0.29, 0.717) is 18.8 Å². The van der Waals surface area contributed by atoms with Gasteiger partial charge in [0, 0.05) is 34.4 Å². The summed E-state index contributed by atoms with van der Waals surface area (Å²) in [5.41, 5.74) is 13.9. The van der Waals surface area contributed by atoms with Gasteiger partial charge in [-0.3, -0.25) is 4.40 Å². The van der Waals surface area contributed by atoms with E-state index in [-0.39, 0.29) is 0 Å². The van der Waals surface area contributed by atoms with Crippen LogP contribution in [-0.2, 0) is 5.54 Å². The van der Waals surface area contributed by atoms with Gasteiger partial charge in [0.15, 0.2) is 0 Å². The molecule has 174 valence electrons. The zero-order chi connectivity index (χ0) is 23.8. The fraction of sp³-hybridized carbons (Fsp3) is 0.267. The molecule has 3 aromatic heterocycles. The first-order valence-corrected chi connectivity index (χ1v) is 12.4. The lowest BCUT2D eigenvalue weighted by Crippen LogP contribution is -2.58. The van der Waals surface area contributed by atoms with E-state index in [4.69, 9.17) is 15.7 Å². The first kappa shape index (κ1) is 20.8. The summed E-state index contributed by atoms with van der Waals surface area (Å²) in [5, 5.41) is 11.3. The van der Waals surface area contributed by atoms with Gasteiger partial charge in [0.25, 0.3) is 0 Å². The molecule has 0 atom stereocenters. The monoisotopic (exact) mass is 460 g/mol. The van der Waals surface area contributed by atoms with Crippen molar-refractivity contribution in [2.45, 2.75) is 49.7 Å². The van der Waals surface area contributed by atoms with Crippen LogP contribution in [0.15, 0.2) is 79.1 Å². The van der Waals surface area contributed by atoms with Gasteiger partial charge in [-0.15, -0.1) is 0 Å². The second-order valence-corrected chi connectivity index (χ2v) is 10.8. The van der Waals surface area contributed by atoms with Crippen molar-refractivity contribution >= 4 is 16.7 Å². The van der Waals surface area contributed by atoms with E-state index in [1.807, 2.05) is 19.2 Å². The number of hydrogen-bond acceptors (Lipinski definition) is 4. The lowest BCUT2D eigenvalue weighted by atomic mass is 9.63. The molecule has 2 aromatic carbocycles. The summed E-state index contributed by atoms with van der Waals surface area (Å²) < 4.78 is 2.14. The highest BCUT2D eigenvalue weighted by atomic mass is 16.3. The quantitative estimate of drug-likeness (QED) is 0.356. The smallest absolute Gasteiger partial charge is 0.147 e. The Hall–Kier alpha value is -3.54. The standard InChI is InChI=1S/C30H28N4O/c1-29(35)17-30(31,18-29)24-11-9-21(10-12-24)27-25(20-5-3-2-4-6-20)13-22-15-32-26-14-23(19-7-8-19)16-34(26)28(22)33-27/h2-6,9-16,19,35H,7-8,17-18,31H2,1H3. The minimum Gasteiger partial charge on any atom is -0.390 e. The normalized spacial score (nSPS) is 24.1. The molecular weight excluding hydrogens is 432 g/mol. The predicted octanol–water partition coefficient (Wildman–Crippen LogP) is 5.79. The molecule has 0 unspecified atom stereocenters. The van der Waals surface area contributed by atoms with Gasteiger partial charge in [-0.25, -0.2) is 9.97 Å². The molecule has 3 heterocycles. The maximum atomic E-state index is 10.2. The van der Waals surface area contributed by atoms with Crippen LogP contribution in [0.5, 0.6) is 0 Å². The zero-order valence-corrected chi connectivity index (χ0v) is 19.8. The van der Waals surface area contributed by atoms with E-state index in [2.05, 4.69) is 71.3 Å². The Morgan fingerprint density at radius 1 is 0.971 bits per heavy atom. The Morgan fingerprint density at radius 3 is 2.40 bits per heavy atom. The predicted molar refractivity (Wildman–Crippen MR) is 139 cm³/mol. The van der Waals surface area contributed by atoms with E-state index in [9.17, 15) is 5.11 Å². The number of nitrogens with zero attached hydrogens (tertiary/aromatic N) is 3. The van der Waals surface area contributed by atoms with Crippen molar-refractivity contribution in [1.29, 1.82) is 0 Å². The van der Waals surface area contributed by atoms with Crippen LogP contribution in [0.4, 0.5) is 0 Å². The molecule has 5 heteroatoms. The summed E-state index contributed by atoms with van der Waals surface area (Å²) in [6.07, 6.45) is 7.82. The molecule has 2 aliphatic rings. The largest absolute Gasteiger partial charge is 0.390 e. The third kappa shape index (κ3) is 3.46. The molecule has 5 nitrogen and oxygen atoms in total. The highest BCUT2D eigenvalue weighted by molar-refractivity contribution is 5.91. The van der Waals surface area contributed by atoms with Gasteiger partial charge in [0.05, 0.1) is 11.3 Å². The van der Waals surface area contributed by atoms with Crippen LogP contribution in [0, 0.1) is 0 Å². The maximum Gasteiger partial charge on any atom is 0.147 e. The number of pyridine rings is 1. The van der Waals surface area contributed by atoms with Crippen molar-refractivity contribution in [1.82, 2.24) is 14.4 Å². The third-order valence-corrected chi connectivity index (χ3v) is 7.68. The van der Waals surface area contributed by atoms with Crippen LogP contribution >= 0.6 is 0 Å². The molecule has 0 aliphatic heterocycles. The van der Waals surface area contributed by atoms with Gasteiger partial charge < -0.3 is 10.8 Å². The van der Waals surface area contributed by atoms with Crippen LogP contribution in [-0.4, -0.2) is 25.1 Å². The van der Waals surface area contributed by atoms with E-state index in [1.54, 1.807) is 0 Å². The highest BCUT2D eigenvalue weighted by Gasteiger charge is 2.49. The van der Waals surface area contributed by atoms with E-state index >= 15 is 0 Å². The van der Waals surface area contributed by atoms with Gasteiger partial charge >= 0.3 is 0 Å². The number of hydrogen-bond donors (Lipinski definition) is 2. The fourth-order valence-electron chi connectivity index (χ4n) is 5.85. The molecular formula is C30H28N4O. The maximum absolute atomic E-state index is 10.2. The summed E-state index contributed by atoms with van der Waals surface area (Å²) in [6.45, 7) is 1.85. The lowest BCUT2D eigenvalue weighted by Gasteiger charge is -2.49. The Balaban J connectivity index is 1.39. The Labute approximate surface area is 204 Å². The topological polar surface area (TPSA) is 76.4 Å². The first-order valence-electron chi connectivity index (χ1n) is 12.4. The molecule has 3 N–H and O–H groups in total. The first-order chi connectivity index (χ1) is 16.9. The number of benzene rings is 2. The minimum atomic E-state index is -0.677. The van der Waals surface area contributed by atoms with Crippen LogP contribution in [0.2, 0.25) is 0 Å². The summed E-state index contributed by atoms with van der Waals surface area (Å²) in [7, 11) is 0. The molecule has 0 spiro atoms. The van der Waals surface area contributed by atoms with Crippen molar-refractivity contribution in [3.05, 3.63) is 90.3 Å². The fourth-order valence-corrected chi connectivity index (χ4v) is 5.85. The molecule has 35 heavy (non-hydrogen) atoms. The van der Waals surface area contributed by atoms with Crippen molar-refractivity contribution in [3.8, 4) is 22.4 Å².